The lowest BCUT2D eigenvalue weighted by Crippen LogP contribution is -2.25. The van der Waals surface area contributed by atoms with E-state index in [0.29, 0.717) is 5.92 Å². The summed E-state index contributed by atoms with van der Waals surface area (Å²) in [7, 11) is 0. The van der Waals surface area contributed by atoms with Gasteiger partial charge in [-0.15, -0.1) is 0 Å². The van der Waals surface area contributed by atoms with Crippen molar-refractivity contribution in [3.05, 3.63) is 0 Å². The normalized spacial score (nSPS) is 11.7. The van der Waals surface area contributed by atoms with Crippen molar-refractivity contribution in [2.75, 3.05) is 0 Å². The highest BCUT2D eigenvalue weighted by atomic mass is 16.5. The van der Waals surface area contributed by atoms with E-state index in [1.54, 1.807) is 0 Å². The predicted molar refractivity (Wildman–Crippen MR) is 88.1 cm³/mol. The number of carbonyl (C=O) groups is 2. The molecule has 21 heavy (non-hydrogen) atoms. The molecule has 0 aliphatic carbocycles. The van der Waals surface area contributed by atoms with Crippen molar-refractivity contribution < 1.29 is 19.1 Å². The van der Waals surface area contributed by atoms with Gasteiger partial charge in [0.1, 0.15) is 6.10 Å². The van der Waals surface area contributed by atoms with Gasteiger partial charge in [-0.1, -0.05) is 27.7 Å². The van der Waals surface area contributed by atoms with Crippen LogP contribution in [0.4, 0.5) is 0 Å². The third-order valence-electron chi connectivity index (χ3n) is 2.25. The van der Waals surface area contributed by atoms with Crippen LogP contribution in [0.5, 0.6) is 0 Å². The highest BCUT2D eigenvalue weighted by Crippen LogP contribution is 2.15. The molecule has 0 aliphatic rings. The molecule has 0 saturated heterocycles. The minimum absolute atomic E-state index is 0.00766. The second-order valence-electron chi connectivity index (χ2n) is 6.26. The van der Waals surface area contributed by atoms with E-state index in [-0.39, 0.29) is 29.6 Å². The van der Waals surface area contributed by atoms with Gasteiger partial charge in [0.15, 0.2) is 0 Å². The quantitative estimate of drug-likeness (QED) is 0.715. The largest absolute Gasteiger partial charge is 0.463 e. The highest BCUT2D eigenvalue weighted by molar-refractivity contribution is 5.75. The lowest BCUT2D eigenvalue weighted by molar-refractivity contribution is -0.156. The second-order valence-corrected chi connectivity index (χ2v) is 6.26. The maximum Gasteiger partial charge on any atom is 0.311 e. The van der Waals surface area contributed by atoms with Crippen LogP contribution in [0.3, 0.4) is 0 Å². The second kappa shape index (κ2) is 12.7. The number of hydrogen-bond acceptors (Lipinski definition) is 4. The van der Waals surface area contributed by atoms with E-state index in [2.05, 4.69) is 0 Å². The molecule has 0 aliphatic heterocycles. The van der Waals surface area contributed by atoms with E-state index in [1.165, 1.54) is 6.92 Å². The Morgan fingerprint density at radius 3 is 1.33 bits per heavy atom. The first-order chi connectivity index (χ1) is 9.37. The van der Waals surface area contributed by atoms with E-state index in [9.17, 15) is 9.59 Å². The van der Waals surface area contributed by atoms with Crippen LogP contribution in [-0.2, 0) is 19.1 Å². The molecule has 0 bridgehead atoms. The van der Waals surface area contributed by atoms with Crippen molar-refractivity contribution in [1.82, 2.24) is 0 Å². The van der Waals surface area contributed by atoms with Gasteiger partial charge in [-0.05, 0) is 47.5 Å². The Balaban J connectivity index is -0.000000277. The lowest BCUT2D eigenvalue weighted by atomic mass is 9.97. The molecule has 0 N–H and O–H groups in total. The van der Waals surface area contributed by atoms with Crippen LogP contribution in [0, 0.1) is 11.3 Å². The molecule has 1 atom stereocenters. The summed E-state index contributed by atoms with van der Waals surface area (Å²) in [6.07, 6.45) is 0.0363. The molecule has 0 aromatic heterocycles. The van der Waals surface area contributed by atoms with Crippen LogP contribution in [0.25, 0.3) is 0 Å². The summed E-state index contributed by atoms with van der Waals surface area (Å²) in [5, 5.41) is 0. The van der Waals surface area contributed by atoms with Crippen molar-refractivity contribution in [3.63, 3.8) is 0 Å². The molecule has 0 fully saturated rings. The zero-order valence-corrected chi connectivity index (χ0v) is 15.9. The molecular weight excluding hydrogens is 268 g/mol. The van der Waals surface area contributed by atoms with Gasteiger partial charge in [-0.2, -0.15) is 0 Å². The van der Waals surface area contributed by atoms with Crippen molar-refractivity contribution in [2.24, 2.45) is 11.3 Å². The molecule has 0 heterocycles. The predicted octanol–water partition coefficient (Wildman–Crippen LogP) is 4.60. The summed E-state index contributed by atoms with van der Waals surface area (Å²) in [4.78, 5) is 21.4. The van der Waals surface area contributed by atoms with Crippen LogP contribution in [0.15, 0.2) is 0 Å². The Hall–Kier alpha value is -1.06. The van der Waals surface area contributed by atoms with Gasteiger partial charge >= 0.3 is 11.9 Å². The van der Waals surface area contributed by atoms with Gasteiger partial charge in [0.25, 0.3) is 0 Å². The first kappa shape index (κ1) is 24.9. The van der Waals surface area contributed by atoms with E-state index < -0.39 is 0 Å². The topological polar surface area (TPSA) is 52.6 Å². The zero-order chi connectivity index (χ0) is 17.8. The zero-order valence-electron chi connectivity index (χ0n) is 15.9. The molecule has 4 heteroatoms. The number of ether oxygens (including phenoxy) is 2. The van der Waals surface area contributed by atoms with Gasteiger partial charge in [0, 0.05) is 6.92 Å². The summed E-state index contributed by atoms with van der Waals surface area (Å²) in [5.41, 5.74) is -0.371. The van der Waals surface area contributed by atoms with Gasteiger partial charge < -0.3 is 9.47 Å². The molecule has 0 aromatic carbocycles. The van der Waals surface area contributed by atoms with Crippen LogP contribution in [0.1, 0.15) is 76.2 Å². The summed E-state index contributed by atoms with van der Waals surface area (Å²) in [6, 6.07) is 0. The van der Waals surface area contributed by atoms with E-state index in [4.69, 9.17) is 9.47 Å². The fraction of sp³-hybridized carbons (Fsp3) is 0.882. The number of rotatable bonds is 3. The molecule has 0 spiro atoms. The molecule has 4 nitrogen and oxygen atoms in total. The van der Waals surface area contributed by atoms with Crippen molar-refractivity contribution in [1.29, 1.82) is 0 Å². The Kier molecular flexibility index (Phi) is 15.0. The fourth-order valence-corrected chi connectivity index (χ4v) is 0.789. The molecule has 1 unspecified atom stereocenters. The van der Waals surface area contributed by atoms with Gasteiger partial charge in [0.05, 0.1) is 11.5 Å². The number of carbonyl (C=O) groups excluding carboxylic acids is 2. The Morgan fingerprint density at radius 1 is 0.857 bits per heavy atom. The molecule has 0 radical (unpaired) electrons. The minimum atomic E-state index is -0.371. The third-order valence-corrected chi connectivity index (χ3v) is 2.25. The van der Waals surface area contributed by atoms with Gasteiger partial charge in [-0.3, -0.25) is 9.59 Å². The molecule has 0 rings (SSSR count). The van der Waals surface area contributed by atoms with Gasteiger partial charge in [0.2, 0.25) is 0 Å². The van der Waals surface area contributed by atoms with Crippen molar-refractivity contribution >= 4 is 11.9 Å². The molecule has 128 valence electrons. The Labute approximate surface area is 131 Å². The number of esters is 2. The average Bonchev–Trinajstić information content (AvgIpc) is 2.29. The summed E-state index contributed by atoms with van der Waals surface area (Å²) in [5.74, 6) is 0.0765. The highest BCUT2D eigenvalue weighted by Gasteiger charge is 2.23. The Morgan fingerprint density at radius 2 is 1.24 bits per heavy atom. The van der Waals surface area contributed by atoms with E-state index in [0.717, 1.165) is 0 Å². The summed E-state index contributed by atoms with van der Waals surface area (Å²) in [6.45, 7) is 20.6. The standard InChI is InChI=1S/C8H16O2.C7H14O2.C2H6/c1-6(2)10-7(9)8(3,4)5;1-5(2)6(3)9-7(4)8;1-2/h6H,1-5H3;5-6H,1-4H3;1-2H3. The number of hydrogen-bond donors (Lipinski definition) is 0. The average molecular weight is 304 g/mol. The molecular formula is C17H36O4. The SMILES string of the molecule is CC.CC(=O)OC(C)C(C)C.CC(C)OC(=O)C(C)(C)C. The van der Waals surface area contributed by atoms with Crippen LogP contribution < -0.4 is 0 Å². The van der Waals surface area contributed by atoms with Crippen molar-refractivity contribution in [2.45, 2.75) is 88.4 Å². The van der Waals surface area contributed by atoms with Gasteiger partial charge in [-0.25, -0.2) is 0 Å². The van der Waals surface area contributed by atoms with Crippen LogP contribution in [0.2, 0.25) is 0 Å². The lowest BCUT2D eigenvalue weighted by Gasteiger charge is -2.18. The Bertz CT molecular complexity index is 275. The first-order valence-electron chi connectivity index (χ1n) is 7.76. The van der Waals surface area contributed by atoms with Crippen molar-refractivity contribution in [3.8, 4) is 0 Å². The summed E-state index contributed by atoms with van der Waals surface area (Å²) >= 11 is 0. The summed E-state index contributed by atoms with van der Waals surface area (Å²) < 4.78 is 9.85. The monoisotopic (exact) mass is 304 g/mol. The van der Waals surface area contributed by atoms with Crippen LogP contribution in [-0.4, -0.2) is 24.1 Å². The molecule has 0 saturated carbocycles. The minimum Gasteiger partial charge on any atom is -0.463 e. The smallest absolute Gasteiger partial charge is 0.311 e. The third kappa shape index (κ3) is 18.9. The fourth-order valence-electron chi connectivity index (χ4n) is 0.789. The first-order valence-corrected chi connectivity index (χ1v) is 7.76. The maximum atomic E-state index is 11.1. The maximum absolute atomic E-state index is 11.1. The molecule has 0 aromatic rings. The molecule has 0 amide bonds. The van der Waals surface area contributed by atoms with E-state index in [1.807, 2.05) is 69.2 Å². The van der Waals surface area contributed by atoms with E-state index >= 15 is 0 Å². The van der Waals surface area contributed by atoms with Crippen LogP contribution >= 0.6 is 0 Å².